The molecule has 2 aromatic carbocycles. The number of benzene rings is 2. The third-order valence-corrected chi connectivity index (χ3v) is 7.09. The second-order valence-electron chi connectivity index (χ2n) is 8.77. The Hall–Kier alpha value is -4.56. The fourth-order valence-electron chi connectivity index (χ4n) is 5.71. The monoisotopic (exact) mass is 494 g/mol. The molecule has 0 radical (unpaired) electrons. The van der Waals surface area contributed by atoms with E-state index in [-0.39, 0.29) is 11.4 Å². The van der Waals surface area contributed by atoms with Gasteiger partial charge in [-0.3, -0.25) is 29.8 Å². The van der Waals surface area contributed by atoms with Gasteiger partial charge in [0.05, 0.1) is 21.9 Å². The summed E-state index contributed by atoms with van der Waals surface area (Å²) in [5.41, 5.74) is 0.377. The van der Waals surface area contributed by atoms with E-state index in [0.29, 0.717) is 11.1 Å². The Morgan fingerprint density at radius 1 is 0.556 bits per heavy atom. The van der Waals surface area contributed by atoms with Crippen molar-refractivity contribution in [1.82, 2.24) is 10.0 Å². The first kappa shape index (κ1) is 21.9. The number of rotatable bonds is 4. The molecule has 4 aliphatic rings. The van der Waals surface area contributed by atoms with Crippen molar-refractivity contribution in [2.75, 3.05) is 0 Å². The molecule has 0 unspecified atom stereocenters. The zero-order valence-electron chi connectivity index (χ0n) is 18.0. The minimum atomic E-state index is -1.19. The van der Waals surface area contributed by atoms with Crippen LogP contribution >= 0.6 is 0 Å². The Labute approximate surface area is 200 Å². The molecule has 2 aromatic rings. The van der Waals surface area contributed by atoms with E-state index in [4.69, 9.17) is 9.47 Å². The first-order valence-electron chi connectivity index (χ1n) is 10.8. The van der Waals surface area contributed by atoms with Crippen LogP contribution in [0.3, 0.4) is 0 Å². The van der Waals surface area contributed by atoms with Crippen molar-refractivity contribution >= 4 is 35.3 Å². The average molecular weight is 494 g/mol. The van der Waals surface area contributed by atoms with Gasteiger partial charge in [0.15, 0.2) is 0 Å². The maximum atomic E-state index is 12.8. The lowest BCUT2D eigenvalue weighted by Crippen LogP contribution is -2.45. The van der Waals surface area contributed by atoms with Crippen LogP contribution in [0.15, 0.2) is 48.5 Å². The molecule has 36 heavy (non-hydrogen) atoms. The predicted molar refractivity (Wildman–Crippen MR) is 112 cm³/mol. The van der Waals surface area contributed by atoms with Gasteiger partial charge in [-0.2, -0.15) is 0 Å². The van der Waals surface area contributed by atoms with Crippen LogP contribution in [-0.4, -0.2) is 55.8 Å². The molecule has 14 nitrogen and oxygen atoms in total. The van der Waals surface area contributed by atoms with Gasteiger partial charge in [0.25, 0.3) is 11.4 Å². The Morgan fingerprint density at radius 3 is 1.19 bits per heavy atom. The van der Waals surface area contributed by atoms with Gasteiger partial charge in [0, 0.05) is 24.3 Å². The summed E-state index contributed by atoms with van der Waals surface area (Å²) in [6, 6.07) is 6.25. The molecule has 6 atom stereocenters. The highest BCUT2D eigenvalue weighted by molar-refractivity contribution is 6.02. The number of non-ortho nitro benzene ring substituents is 2. The number of cyclic esters (lactones) is 4. The van der Waals surface area contributed by atoms with Crippen molar-refractivity contribution in [3.63, 3.8) is 0 Å². The molecule has 182 valence electrons. The molecule has 0 bridgehead atoms. The Bertz CT molecular complexity index is 1270. The molecular formula is C22H14N4O10. The summed E-state index contributed by atoms with van der Waals surface area (Å²) in [5, 5.41) is 25.1. The summed E-state index contributed by atoms with van der Waals surface area (Å²) in [4.78, 5) is 72.3. The number of hydrogen-bond donors (Lipinski definition) is 0. The van der Waals surface area contributed by atoms with E-state index in [1.165, 1.54) is 58.5 Å². The Kier molecular flexibility index (Phi) is 4.55. The lowest BCUT2D eigenvalue weighted by Gasteiger charge is -2.33. The van der Waals surface area contributed by atoms with Crippen LogP contribution in [0.1, 0.15) is 23.2 Å². The van der Waals surface area contributed by atoms with E-state index in [2.05, 4.69) is 0 Å². The fraction of sp³-hybridized carbons (Fsp3) is 0.273. The van der Waals surface area contributed by atoms with E-state index < -0.39 is 69.7 Å². The number of carbonyl (C=O) groups is 4. The summed E-state index contributed by atoms with van der Waals surface area (Å²) in [6.45, 7) is 0. The molecule has 0 amide bonds. The van der Waals surface area contributed by atoms with E-state index in [1.807, 2.05) is 0 Å². The molecule has 0 saturated carbocycles. The van der Waals surface area contributed by atoms with Crippen LogP contribution in [0.5, 0.6) is 0 Å². The van der Waals surface area contributed by atoms with Crippen LogP contribution in [0, 0.1) is 32.1 Å². The summed E-state index contributed by atoms with van der Waals surface area (Å²) in [5.74, 6) is -5.59. The number of hydrazine groups is 1. The number of nitro groups is 2. The standard InChI is InChI=1S/C22H14N4O10/c27-19-13-15(9-1-5-11(6-2-9)25(31)32)23-18-14(20(28)36-22(18)30)16(24(23)17(13)21(29)35-19)10-3-7-12(8-4-10)26(33)34/h1-8,13-18H/t13-,14-,15-,16+,17+,18-/m1/s1. The molecule has 4 saturated heterocycles. The van der Waals surface area contributed by atoms with Crippen LogP contribution in [0.2, 0.25) is 0 Å². The van der Waals surface area contributed by atoms with Gasteiger partial charge in [-0.25, -0.2) is 19.6 Å². The molecule has 0 aliphatic carbocycles. The SMILES string of the molecule is O=C1OC(=O)[C@@H]2[C@H]1[C@@H](c1ccc([N+](=O)[O-])cc1)N1[C@H]3C(=O)OC(=O)[C@@H]3[C@H](c3ccc([N+](=O)[O-])cc3)N21. The number of esters is 4. The van der Waals surface area contributed by atoms with Crippen LogP contribution in [0.25, 0.3) is 0 Å². The maximum Gasteiger partial charge on any atom is 0.333 e. The van der Waals surface area contributed by atoms with E-state index in [0.717, 1.165) is 0 Å². The molecule has 0 spiro atoms. The molecule has 14 heteroatoms. The van der Waals surface area contributed by atoms with Gasteiger partial charge in [0.2, 0.25) is 0 Å². The normalized spacial score (nSPS) is 31.1. The molecule has 6 rings (SSSR count). The largest absolute Gasteiger partial charge is 0.392 e. The minimum Gasteiger partial charge on any atom is -0.392 e. The quantitative estimate of drug-likeness (QED) is 0.255. The van der Waals surface area contributed by atoms with Crippen molar-refractivity contribution in [1.29, 1.82) is 0 Å². The smallest absolute Gasteiger partial charge is 0.333 e. The summed E-state index contributed by atoms with van der Waals surface area (Å²) >= 11 is 0. The summed E-state index contributed by atoms with van der Waals surface area (Å²) < 4.78 is 9.83. The number of nitrogens with zero attached hydrogens (tertiary/aromatic N) is 4. The number of fused-ring (bicyclic) bond motifs is 5. The van der Waals surface area contributed by atoms with Crippen LogP contribution < -0.4 is 0 Å². The second-order valence-corrected chi connectivity index (χ2v) is 8.77. The minimum absolute atomic E-state index is 0.200. The highest BCUT2D eigenvalue weighted by Crippen LogP contribution is 2.58. The zero-order chi connectivity index (χ0) is 25.5. The van der Waals surface area contributed by atoms with Gasteiger partial charge in [-0.1, -0.05) is 24.3 Å². The first-order valence-corrected chi connectivity index (χ1v) is 10.8. The Morgan fingerprint density at radius 2 is 0.889 bits per heavy atom. The van der Waals surface area contributed by atoms with Crippen molar-refractivity contribution in [2.45, 2.75) is 24.2 Å². The van der Waals surface area contributed by atoms with Gasteiger partial charge < -0.3 is 9.47 Å². The summed E-state index contributed by atoms with van der Waals surface area (Å²) in [7, 11) is 0. The molecule has 4 fully saturated rings. The van der Waals surface area contributed by atoms with Crippen molar-refractivity contribution in [2.24, 2.45) is 11.8 Å². The molecule has 4 aliphatic heterocycles. The van der Waals surface area contributed by atoms with Crippen molar-refractivity contribution < 1.29 is 38.5 Å². The molecule has 0 N–H and O–H groups in total. The van der Waals surface area contributed by atoms with E-state index in [1.54, 1.807) is 0 Å². The lowest BCUT2D eigenvalue weighted by atomic mass is 9.84. The van der Waals surface area contributed by atoms with E-state index in [9.17, 15) is 39.4 Å². The number of carbonyl (C=O) groups excluding carboxylic acids is 4. The summed E-state index contributed by atoms with van der Waals surface area (Å²) in [6.07, 6.45) is 0. The molecule has 4 heterocycles. The topological polar surface area (TPSA) is 180 Å². The predicted octanol–water partition coefficient (Wildman–Crippen LogP) is 0.968. The lowest BCUT2D eigenvalue weighted by molar-refractivity contribution is -0.385. The molecule has 0 aromatic heterocycles. The van der Waals surface area contributed by atoms with E-state index >= 15 is 0 Å². The van der Waals surface area contributed by atoms with Crippen molar-refractivity contribution in [3.8, 4) is 0 Å². The number of ether oxygens (including phenoxy) is 2. The van der Waals surface area contributed by atoms with Gasteiger partial charge in [-0.15, -0.1) is 0 Å². The fourth-order valence-corrected chi connectivity index (χ4v) is 5.71. The number of hydrogen-bond acceptors (Lipinski definition) is 12. The van der Waals surface area contributed by atoms with Crippen molar-refractivity contribution in [3.05, 3.63) is 79.9 Å². The third kappa shape index (κ3) is 2.85. The van der Waals surface area contributed by atoms with Gasteiger partial charge in [-0.05, 0) is 11.1 Å². The van der Waals surface area contributed by atoms with Crippen LogP contribution in [0.4, 0.5) is 11.4 Å². The second kappa shape index (κ2) is 7.47. The first-order chi connectivity index (χ1) is 17.2. The molecular weight excluding hydrogens is 480 g/mol. The van der Waals surface area contributed by atoms with Gasteiger partial charge >= 0.3 is 23.9 Å². The third-order valence-electron chi connectivity index (χ3n) is 7.09. The number of nitro benzene ring substituents is 2. The zero-order valence-corrected chi connectivity index (χ0v) is 18.0. The highest BCUT2D eigenvalue weighted by atomic mass is 16.6. The van der Waals surface area contributed by atoms with Gasteiger partial charge in [0.1, 0.15) is 23.9 Å². The Balaban J connectivity index is 1.52. The van der Waals surface area contributed by atoms with Crippen LogP contribution in [-0.2, 0) is 28.7 Å². The average Bonchev–Trinajstić information content (AvgIpc) is 3.52. The maximum absolute atomic E-state index is 12.8. The highest BCUT2D eigenvalue weighted by Gasteiger charge is 2.73.